The molecule has 0 saturated carbocycles. The highest BCUT2D eigenvalue weighted by Crippen LogP contribution is 2.25. The highest BCUT2D eigenvalue weighted by molar-refractivity contribution is 9.10. The first kappa shape index (κ1) is 14.2. The molecule has 2 rings (SSSR count). The molecule has 0 amide bonds. The van der Waals surface area contributed by atoms with Gasteiger partial charge in [-0.2, -0.15) is 0 Å². The van der Waals surface area contributed by atoms with Crippen LogP contribution in [0.5, 0.6) is 0 Å². The highest BCUT2D eigenvalue weighted by atomic mass is 79.9. The second-order valence-electron chi connectivity index (χ2n) is 4.69. The lowest BCUT2D eigenvalue weighted by molar-refractivity contribution is 0.264. The van der Waals surface area contributed by atoms with Crippen molar-refractivity contribution in [2.75, 3.05) is 6.61 Å². The van der Waals surface area contributed by atoms with Crippen molar-refractivity contribution in [2.45, 2.75) is 19.3 Å². The number of aryl methyl sites for hydroxylation is 1. The van der Waals surface area contributed by atoms with Crippen LogP contribution in [-0.2, 0) is 6.42 Å². The predicted molar refractivity (Wildman–Crippen MR) is 78.8 cm³/mol. The number of hydrogen-bond donors (Lipinski definition) is 1. The van der Waals surface area contributed by atoms with Crippen LogP contribution in [0, 0.1) is 12.7 Å². The maximum atomic E-state index is 13.2. The number of benzene rings is 2. The van der Waals surface area contributed by atoms with E-state index in [1.807, 2.05) is 31.2 Å². The fourth-order valence-electron chi connectivity index (χ4n) is 2.27. The van der Waals surface area contributed by atoms with Gasteiger partial charge in [0.1, 0.15) is 5.82 Å². The minimum absolute atomic E-state index is 0.0403. The summed E-state index contributed by atoms with van der Waals surface area (Å²) in [4.78, 5) is 0. The number of aliphatic hydroxyl groups excluding tert-OH is 1. The van der Waals surface area contributed by atoms with Crippen LogP contribution in [0.3, 0.4) is 0 Å². The first-order valence-corrected chi connectivity index (χ1v) is 7.01. The van der Waals surface area contributed by atoms with Gasteiger partial charge in [-0.3, -0.25) is 0 Å². The largest absolute Gasteiger partial charge is 0.396 e. The summed E-state index contributed by atoms with van der Waals surface area (Å²) in [6.45, 7) is 2.12. The molecular weight excluding hydrogens is 307 g/mol. The topological polar surface area (TPSA) is 20.2 Å². The molecule has 0 radical (unpaired) electrons. The van der Waals surface area contributed by atoms with E-state index < -0.39 is 0 Å². The number of aliphatic hydroxyl groups is 1. The zero-order valence-corrected chi connectivity index (χ0v) is 12.3. The van der Waals surface area contributed by atoms with Gasteiger partial charge in [0.15, 0.2) is 0 Å². The van der Waals surface area contributed by atoms with Crippen LogP contribution >= 0.6 is 15.9 Å². The minimum atomic E-state index is -0.264. The van der Waals surface area contributed by atoms with Crippen LogP contribution in [0.25, 0.3) is 0 Å². The lowest BCUT2D eigenvalue weighted by Gasteiger charge is -2.17. The zero-order valence-electron chi connectivity index (χ0n) is 10.7. The van der Waals surface area contributed by atoms with Crippen LogP contribution in [0.4, 0.5) is 4.39 Å². The minimum Gasteiger partial charge on any atom is -0.396 e. The predicted octanol–water partition coefficient (Wildman–Crippen LogP) is 4.22. The average molecular weight is 323 g/mol. The molecular formula is C16H16BrFO. The first-order chi connectivity index (χ1) is 9.11. The maximum absolute atomic E-state index is 13.2. The van der Waals surface area contributed by atoms with Gasteiger partial charge in [0.2, 0.25) is 0 Å². The fourth-order valence-corrected chi connectivity index (χ4v) is 2.70. The van der Waals surface area contributed by atoms with Gasteiger partial charge in [0.05, 0.1) is 11.1 Å². The smallest absolute Gasteiger partial charge is 0.137 e. The molecule has 0 bridgehead atoms. The molecule has 2 aromatic rings. The normalized spacial score (nSPS) is 12.4. The van der Waals surface area contributed by atoms with E-state index in [0.717, 1.165) is 11.1 Å². The summed E-state index contributed by atoms with van der Waals surface area (Å²) in [5, 5.41) is 9.60. The van der Waals surface area contributed by atoms with Crippen molar-refractivity contribution in [1.82, 2.24) is 0 Å². The van der Waals surface area contributed by atoms with Gasteiger partial charge in [0, 0.05) is 5.92 Å². The number of hydrogen-bond acceptors (Lipinski definition) is 1. The van der Waals surface area contributed by atoms with Crippen LogP contribution < -0.4 is 0 Å². The molecule has 0 saturated heterocycles. The molecule has 0 heterocycles. The molecule has 19 heavy (non-hydrogen) atoms. The van der Waals surface area contributed by atoms with Crippen molar-refractivity contribution in [3.63, 3.8) is 0 Å². The molecule has 3 heteroatoms. The molecule has 0 aliphatic rings. The lowest BCUT2D eigenvalue weighted by atomic mass is 9.90. The van der Waals surface area contributed by atoms with E-state index in [1.165, 1.54) is 11.6 Å². The molecule has 0 spiro atoms. The van der Waals surface area contributed by atoms with Gasteiger partial charge in [-0.05, 0) is 58.1 Å². The van der Waals surface area contributed by atoms with Crippen molar-refractivity contribution in [3.05, 3.63) is 69.4 Å². The van der Waals surface area contributed by atoms with Gasteiger partial charge in [-0.15, -0.1) is 0 Å². The average Bonchev–Trinajstić information content (AvgIpc) is 2.41. The molecule has 2 aromatic carbocycles. The van der Waals surface area contributed by atoms with Crippen molar-refractivity contribution < 1.29 is 9.50 Å². The van der Waals surface area contributed by atoms with Crippen molar-refractivity contribution in [1.29, 1.82) is 0 Å². The van der Waals surface area contributed by atoms with Crippen LogP contribution in [0.2, 0.25) is 0 Å². The Balaban J connectivity index is 2.24. The molecule has 0 aromatic heterocycles. The molecule has 1 N–H and O–H groups in total. The summed E-state index contributed by atoms with van der Waals surface area (Å²) in [7, 11) is 0. The Kier molecular flexibility index (Phi) is 4.72. The van der Waals surface area contributed by atoms with Gasteiger partial charge >= 0.3 is 0 Å². The third-order valence-corrected chi connectivity index (χ3v) is 3.92. The number of halogens is 2. The van der Waals surface area contributed by atoms with Gasteiger partial charge in [0.25, 0.3) is 0 Å². The number of rotatable bonds is 4. The summed E-state index contributed by atoms with van der Waals surface area (Å²) in [6, 6.07) is 13.0. The van der Waals surface area contributed by atoms with Crippen molar-refractivity contribution in [2.24, 2.45) is 0 Å². The summed E-state index contributed by atoms with van der Waals surface area (Å²) in [5.74, 6) is -0.223. The van der Waals surface area contributed by atoms with E-state index in [1.54, 1.807) is 12.1 Å². The maximum Gasteiger partial charge on any atom is 0.137 e. The Bertz CT molecular complexity index is 568. The monoisotopic (exact) mass is 322 g/mol. The molecule has 1 atom stereocenters. The molecule has 0 aliphatic heterocycles. The SMILES string of the molecule is Cc1ccccc1C(CO)Cc1ccc(F)c(Br)c1. The van der Waals surface area contributed by atoms with Gasteiger partial charge in [-0.25, -0.2) is 4.39 Å². The second-order valence-corrected chi connectivity index (χ2v) is 5.54. The molecule has 1 nitrogen and oxygen atoms in total. The first-order valence-electron chi connectivity index (χ1n) is 6.22. The third-order valence-electron chi connectivity index (χ3n) is 3.31. The van der Waals surface area contributed by atoms with Crippen molar-refractivity contribution >= 4 is 15.9 Å². The third kappa shape index (κ3) is 3.43. The van der Waals surface area contributed by atoms with E-state index in [4.69, 9.17) is 0 Å². The second kappa shape index (κ2) is 6.31. The Hall–Kier alpha value is -1.19. The van der Waals surface area contributed by atoms with Crippen LogP contribution in [0.15, 0.2) is 46.9 Å². The Morgan fingerprint density at radius 2 is 1.95 bits per heavy atom. The van der Waals surface area contributed by atoms with Gasteiger partial charge in [-0.1, -0.05) is 30.3 Å². The highest BCUT2D eigenvalue weighted by Gasteiger charge is 2.14. The molecule has 100 valence electrons. The standard InChI is InChI=1S/C16H16BrFO/c1-11-4-2-3-5-14(11)13(10-19)8-12-6-7-16(18)15(17)9-12/h2-7,9,13,19H,8,10H2,1H3. The van der Waals surface area contributed by atoms with Crippen LogP contribution in [-0.4, -0.2) is 11.7 Å². The van der Waals surface area contributed by atoms with Crippen LogP contribution in [0.1, 0.15) is 22.6 Å². The van der Waals surface area contributed by atoms with E-state index in [2.05, 4.69) is 15.9 Å². The quantitative estimate of drug-likeness (QED) is 0.893. The summed E-state index contributed by atoms with van der Waals surface area (Å²) >= 11 is 3.19. The summed E-state index contributed by atoms with van der Waals surface area (Å²) in [5.41, 5.74) is 3.32. The Labute approximate surface area is 121 Å². The molecule has 1 unspecified atom stereocenters. The van der Waals surface area contributed by atoms with E-state index in [9.17, 15) is 9.50 Å². The Morgan fingerprint density at radius 3 is 2.58 bits per heavy atom. The summed E-state index contributed by atoms with van der Waals surface area (Å²) in [6.07, 6.45) is 0.695. The zero-order chi connectivity index (χ0) is 13.8. The molecule has 0 aliphatic carbocycles. The summed E-state index contributed by atoms with van der Waals surface area (Å²) < 4.78 is 13.7. The van der Waals surface area contributed by atoms with E-state index >= 15 is 0 Å². The van der Waals surface area contributed by atoms with E-state index in [0.29, 0.717) is 10.9 Å². The van der Waals surface area contributed by atoms with E-state index in [-0.39, 0.29) is 18.3 Å². The molecule has 0 fully saturated rings. The van der Waals surface area contributed by atoms with Gasteiger partial charge < -0.3 is 5.11 Å². The van der Waals surface area contributed by atoms with Crippen molar-refractivity contribution in [3.8, 4) is 0 Å². The lowest BCUT2D eigenvalue weighted by Crippen LogP contribution is -2.09. The fraction of sp³-hybridized carbons (Fsp3) is 0.250. The Morgan fingerprint density at radius 1 is 1.21 bits per heavy atom.